The molecule has 0 radical (unpaired) electrons. The Hall–Kier alpha value is -8.72. The third kappa shape index (κ3) is 5.74. The van der Waals surface area contributed by atoms with Crippen molar-refractivity contribution in [3.05, 3.63) is 282 Å². The Bertz CT molecular complexity index is 3980. The first-order chi connectivity index (χ1) is 34.5. The summed E-state index contributed by atoms with van der Waals surface area (Å²) in [6, 6.07) is 91.7. The van der Waals surface area contributed by atoms with E-state index in [2.05, 4.69) is 267 Å². The highest BCUT2D eigenvalue weighted by atomic mass is 16.3. The predicted molar refractivity (Wildman–Crippen MR) is 292 cm³/mol. The molecular formula is C68H47NO. The van der Waals surface area contributed by atoms with E-state index in [9.17, 15) is 0 Å². The molecule has 0 spiro atoms. The van der Waals surface area contributed by atoms with Crippen molar-refractivity contribution in [3.63, 3.8) is 0 Å². The molecule has 1 heterocycles. The number of fused-ring (bicyclic) bond motifs is 11. The van der Waals surface area contributed by atoms with E-state index in [1.807, 2.05) is 0 Å². The molecule has 0 bridgehead atoms. The summed E-state index contributed by atoms with van der Waals surface area (Å²) >= 11 is 0. The number of hydrogen-bond acceptors (Lipinski definition) is 2. The van der Waals surface area contributed by atoms with E-state index in [1.165, 1.54) is 72.3 Å². The maximum atomic E-state index is 7.06. The summed E-state index contributed by atoms with van der Waals surface area (Å²) in [4.78, 5) is 2.43. The Labute approximate surface area is 408 Å². The molecule has 12 aromatic rings. The number of rotatable bonds is 7. The van der Waals surface area contributed by atoms with E-state index in [0.29, 0.717) is 0 Å². The Morgan fingerprint density at radius 1 is 0.357 bits per heavy atom. The second-order valence-electron chi connectivity index (χ2n) is 19.5. The van der Waals surface area contributed by atoms with Crippen molar-refractivity contribution in [1.29, 1.82) is 0 Å². The molecule has 0 aliphatic heterocycles. The van der Waals surface area contributed by atoms with Gasteiger partial charge in [-0.25, -0.2) is 0 Å². The van der Waals surface area contributed by atoms with E-state index < -0.39 is 5.41 Å². The normalized spacial score (nSPS) is 13.8. The first-order valence-corrected chi connectivity index (χ1v) is 24.4. The van der Waals surface area contributed by atoms with Gasteiger partial charge in [0.25, 0.3) is 0 Å². The van der Waals surface area contributed by atoms with E-state index in [1.54, 1.807) is 0 Å². The lowest BCUT2D eigenvalue weighted by molar-refractivity contribution is 0.660. The molecule has 1 aromatic heterocycles. The number of hydrogen-bond donors (Lipinski definition) is 0. The molecule has 2 aliphatic carbocycles. The second-order valence-corrected chi connectivity index (χ2v) is 19.5. The van der Waals surface area contributed by atoms with Crippen LogP contribution >= 0.6 is 0 Å². The minimum absolute atomic E-state index is 0.147. The minimum Gasteiger partial charge on any atom is -0.455 e. The van der Waals surface area contributed by atoms with Gasteiger partial charge in [0.2, 0.25) is 0 Å². The Kier molecular flexibility index (Phi) is 8.88. The smallest absolute Gasteiger partial charge is 0.143 e. The first-order valence-electron chi connectivity index (χ1n) is 24.4. The molecule has 0 atom stereocenters. The molecule has 0 saturated carbocycles. The summed E-state index contributed by atoms with van der Waals surface area (Å²) in [6.07, 6.45) is 0. The molecule has 330 valence electrons. The van der Waals surface area contributed by atoms with Gasteiger partial charge in [-0.15, -0.1) is 0 Å². The molecule has 0 fully saturated rings. The molecule has 2 aliphatic rings. The molecule has 0 N–H and O–H groups in total. The molecule has 0 unspecified atom stereocenters. The standard InChI is InChI=1S/C68H47NO/c1-67(2)59-34-18-17-30-52(59)53-40-38-49(42-60(53)67)69(48-27-13-6-14-28-48)62-35-20-36-63-64(62)58-43-57(51-29-15-16-31-56(51)66(58)70-63)45-37-39-54-55-33-19-32-50(44-21-7-3-8-22-44)65(55)68(61(54)41-45,46-23-9-4-10-24-46)47-25-11-5-12-26-47/h3-43H,1-2H3. The largest absolute Gasteiger partial charge is 0.455 e. The van der Waals surface area contributed by atoms with Gasteiger partial charge in [-0.05, 0) is 132 Å². The maximum Gasteiger partial charge on any atom is 0.143 e. The number of furan rings is 1. The molecule has 0 saturated heterocycles. The number of para-hydroxylation sites is 1. The fourth-order valence-electron chi connectivity index (χ4n) is 12.5. The van der Waals surface area contributed by atoms with Crippen LogP contribution in [0.1, 0.15) is 47.2 Å². The van der Waals surface area contributed by atoms with E-state index >= 15 is 0 Å². The van der Waals surface area contributed by atoms with Gasteiger partial charge < -0.3 is 9.32 Å². The summed E-state index contributed by atoms with van der Waals surface area (Å²) in [6.45, 7) is 4.71. The Morgan fingerprint density at radius 3 is 1.70 bits per heavy atom. The van der Waals surface area contributed by atoms with Crippen molar-refractivity contribution < 1.29 is 4.42 Å². The molecule has 14 rings (SSSR count). The first kappa shape index (κ1) is 40.4. The predicted octanol–water partition coefficient (Wildman–Crippen LogP) is 18.2. The van der Waals surface area contributed by atoms with Crippen molar-refractivity contribution in [1.82, 2.24) is 0 Å². The van der Waals surface area contributed by atoms with Gasteiger partial charge in [-0.3, -0.25) is 0 Å². The van der Waals surface area contributed by atoms with Crippen LogP contribution in [0, 0.1) is 0 Å². The Balaban J connectivity index is 1.03. The van der Waals surface area contributed by atoms with Crippen LogP contribution in [0.5, 0.6) is 0 Å². The molecule has 2 nitrogen and oxygen atoms in total. The highest BCUT2D eigenvalue weighted by Crippen LogP contribution is 2.60. The summed E-state index contributed by atoms with van der Waals surface area (Å²) in [7, 11) is 0. The van der Waals surface area contributed by atoms with E-state index in [0.717, 1.165) is 55.3 Å². The minimum atomic E-state index is -0.604. The number of benzene rings is 11. The molecule has 0 amide bonds. The van der Waals surface area contributed by atoms with Crippen molar-refractivity contribution in [3.8, 4) is 44.5 Å². The van der Waals surface area contributed by atoms with Crippen LogP contribution in [0.3, 0.4) is 0 Å². The topological polar surface area (TPSA) is 16.4 Å². The molecule has 70 heavy (non-hydrogen) atoms. The average Bonchev–Trinajstić information content (AvgIpc) is 4.03. The van der Waals surface area contributed by atoms with Crippen molar-refractivity contribution in [2.45, 2.75) is 24.7 Å². The van der Waals surface area contributed by atoms with Crippen LogP contribution in [-0.2, 0) is 10.8 Å². The summed E-state index contributed by atoms with van der Waals surface area (Å²) < 4.78 is 7.06. The lowest BCUT2D eigenvalue weighted by Gasteiger charge is -2.35. The van der Waals surface area contributed by atoms with Crippen molar-refractivity contribution in [2.75, 3.05) is 4.90 Å². The van der Waals surface area contributed by atoms with Crippen LogP contribution < -0.4 is 4.90 Å². The van der Waals surface area contributed by atoms with Crippen molar-refractivity contribution in [2.24, 2.45) is 0 Å². The number of nitrogens with zero attached hydrogens (tertiary/aromatic N) is 1. The fraction of sp³-hybridized carbons (Fsp3) is 0.0588. The van der Waals surface area contributed by atoms with Gasteiger partial charge in [-0.1, -0.05) is 214 Å². The number of anilines is 3. The molecule has 11 aromatic carbocycles. The van der Waals surface area contributed by atoms with Crippen LogP contribution in [0.25, 0.3) is 77.2 Å². The summed E-state index contributed by atoms with van der Waals surface area (Å²) in [5.74, 6) is 0. The SMILES string of the molecule is CC1(C)c2ccccc2-c2ccc(N(c3ccccc3)c3cccc4oc5c6ccccc6c(-c6ccc7c(c6)C(c6ccccc6)(c6ccccc6)c6c(-c8ccccc8)cccc6-7)cc5c34)cc21. The van der Waals surface area contributed by atoms with Crippen LogP contribution in [0.4, 0.5) is 17.1 Å². The molecule has 2 heteroatoms. The lowest BCUT2D eigenvalue weighted by Crippen LogP contribution is -2.29. The third-order valence-electron chi connectivity index (χ3n) is 15.5. The zero-order chi connectivity index (χ0) is 46.6. The fourth-order valence-corrected chi connectivity index (χ4v) is 12.5. The maximum absolute atomic E-state index is 7.06. The lowest BCUT2D eigenvalue weighted by atomic mass is 9.66. The second kappa shape index (κ2) is 15.4. The van der Waals surface area contributed by atoms with Crippen LogP contribution in [-0.4, -0.2) is 0 Å². The average molecular weight is 894 g/mol. The summed E-state index contributed by atoms with van der Waals surface area (Å²) in [5, 5.41) is 4.41. The van der Waals surface area contributed by atoms with Crippen LogP contribution in [0.2, 0.25) is 0 Å². The zero-order valence-electron chi connectivity index (χ0n) is 39.0. The van der Waals surface area contributed by atoms with Gasteiger partial charge in [-0.2, -0.15) is 0 Å². The van der Waals surface area contributed by atoms with E-state index in [4.69, 9.17) is 4.42 Å². The summed E-state index contributed by atoms with van der Waals surface area (Å²) in [5.41, 5.74) is 22.0. The van der Waals surface area contributed by atoms with Gasteiger partial charge in [0.05, 0.1) is 16.5 Å². The van der Waals surface area contributed by atoms with Gasteiger partial charge in [0, 0.05) is 27.6 Å². The van der Waals surface area contributed by atoms with Gasteiger partial charge >= 0.3 is 0 Å². The zero-order valence-corrected chi connectivity index (χ0v) is 39.0. The highest BCUT2D eigenvalue weighted by Gasteiger charge is 2.48. The van der Waals surface area contributed by atoms with E-state index in [-0.39, 0.29) is 5.41 Å². The van der Waals surface area contributed by atoms with Crippen LogP contribution in [0.15, 0.2) is 253 Å². The molecular weight excluding hydrogens is 847 g/mol. The van der Waals surface area contributed by atoms with Gasteiger partial charge in [0.15, 0.2) is 0 Å². The highest BCUT2D eigenvalue weighted by molar-refractivity contribution is 6.22. The van der Waals surface area contributed by atoms with Crippen molar-refractivity contribution >= 4 is 49.8 Å². The third-order valence-corrected chi connectivity index (χ3v) is 15.5. The van der Waals surface area contributed by atoms with Gasteiger partial charge in [0.1, 0.15) is 11.2 Å². The Morgan fingerprint density at radius 2 is 0.943 bits per heavy atom. The quantitative estimate of drug-likeness (QED) is 0.158. The monoisotopic (exact) mass is 893 g/mol.